The van der Waals surface area contributed by atoms with Crippen molar-refractivity contribution in [2.24, 2.45) is 5.73 Å². The third-order valence-electron chi connectivity index (χ3n) is 4.62. The van der Waals surface area contributed by atoms with Gasteiger partial charge in [-0.1, -0.05) is 0 Å². The van der Waals surface area contributed by atoms with Gasteiger partial charge >= 0.3 is 0 Å². The van der Waals surface area contributed by atoms with Gasteiger partial charge in [-0.3, -0.25) is 0 Å². The molecule has 0 aromatic carbocycles. The second kappa shape index (κ2) is 5.66. The van der Waals surface area contributed by atoms with Crippen LogP contribution in [0.15, 0.2) is 18.5 Å². The average molecular weight is 287 g/mol. The fourth-order valence-corrected chi connectivity index (χ4v) is 3.18. The SMILES string of the molecule is Cc1cc(N(C)C2CCN(C)CC2)cn2cc(CN)nc12. The summed E-state index contributed by atoms with van der Waals surface area (Å²) in [6.45, 7) is 4.97. The third kappa shape index (κ3) is 2.76. The maximum atomic E-state index is 5.70. The fourth-order valence-electron chi connectivity index (χ4n) is 3.18. The Bertz CT molecular complexity index is 625. The van der Waals surface area contributed by atoms with Crippen molar-refractivity contribution in [3.63, 3.8) is 0 Å². The summed E-state index contributed by atoms with van der Waals surface area (Å²) in [4.78, 5) is 9.39. The molecule has 1 fully saturated rings. The second-order valence-electron chi connectivity index (χ2n) is 6.19. The maximum absolute atomic E-state index is 5.70. The van der Waals surface area contributed by atoms with Crippen molar-refractivity contribution in [2.45, 2.75) is 32.4 Å². The summed E-state index contributed by atoms with van der Waals surface area (Å²) in [6.07, 6.45) is 6.66. The number of rotatable bonds is 3. The van der Waals surface area contributed by atoms with Gasteiger partial charge in [0.15, 0.2) is 0 Å². The summed E-state index contributed by atoms with van der Waals surface area (Å²) in [5.41, 5.74) is 10.1. The number of pyridine rings is 1. The zero-order valence-corrected chi connectivity index (χ0v) is 13.2. The van der Waals surface area contributed by atoms with Crippen LogP contribution >= 0.6 is 0 Å². The van der Waals surface area contributed by atoms with E-state index in [1.165, 1.54) is 37.2 Å². The van der Waals surface area contributed by atoms with E-state index in [2.05, 4.69) is 52.5 Å². The van der Waals surface area contributed by atoms with Crippen LogP contribution < -0.4 is 10.6 Å². The molecule has 2 aromatic heterocycles. The Labute approximate surface area is 126 Å². The lowest BCUT2D eigenvalue weighted by molar-refractivity contribution is 0.253. The monoisotopic (exact) mass is 287 g/mol. The van der Waals surface area contributed by atoms with Gasteiger partial charge in [-0.25, -0.2) is 4.98 Å². The first-order valence-corrected chi connectivity index (χ1v) is 7.68. The lowest BCUT2D eigenvalue weighted by Crippen LogP contribution is -2.42. The van der Waals surface area contributed by atoms with Crippen LogP contribution in [-0.2, 0) is 6.54 Å². The Balaban J connectivity index is 1.89. The Hall–Kier alpha value is -1.59. The zero-order valence-electron chi connectivity index (χ0n) is 13.2. The van der Waals surface area contributed by atoms with Gasteiger partial charge in [-0.15, -0.1) is 0 Å². The number of likely N-dealkylation sites (tertiary alicyclic amines) is 1. The van der Waals surface area contributed by atoms with Crippen molar-refractivity contribution in [3.8, 4) is 0 Å². The first-order chi connectivity index (χ1) is 10.1. The van der Waals surface area contributed by atoms with E-state index in [9.17, 15) is 0 Å². The maximum Gasteiger partial charge on any atom is 0.140 e. The smallest absolute Gasteiger partial charge is 0.140 e. The van der Waals surface area contributed by atoms with Crippen LogP contribution in [0.4, 0.5) is 5.69 Å². The van der Waals surface area contributed by atoms with Crippen LogP contribution in [-0.4, -0.2) is 47.5 Å². The van der Waals surface area contributed by atoms with Crippen molar-refractivity contribution < 1.29 is 0 Å². The molecule has 1 saturated heterocycles. The van der Waals surface area contributed by atoms with Crippen molar-refractivity contribution in [2.75, 3.05) is 32.1 Å². The number of aryl methyl sites for hydroxylation is 1. The molecular formula is C16H25N5. The highest BCUT2D eigenvalue weighted by molar-refractivity contribution is 5.58. The van der Waals surface area contributed by atoms with Crippen LogP contribution in [0.2, 0.25) is 0 Å². The van der Waals surface area contributed by atoms with Crippen molar-refractivity contribution >= 4 is 11.3 Å². The highest BCUT2D eigenvalue weighted by Crippen LogP contribution is 2.24. The summed E-state index contributed by atoms with van der Waals surface area (Å²) in [5.74, 6) is 0. The van der Waals surface area contributed by atoms with Crippen LogP contribution in [0.5, 0.6) is 0 Å². The predicted molar refractivity (Wildman–Crippen MR) is 86.7 cm³/mol. The molecular weight excluding hydrogens is 262 g/mol. The molecule has 3 heterocycles. The molecule has 0 saturated carbocycles. The number of hydrogen-bond acceptors (Lipinski definition) is 4. The molecule has 0 atom stereocenters. The first kappa shape index (κ1) is 14.4. The second-order valence-corrected chi connectivity index (χ2v) is 6.19. The number of nitrogens with zero attached hydrogens (tertiary/aromatic N) is 4. The largest absolute Gasteiger partial charge is 0.370 e. The van der Waals surface area contributed by atoms with Crippen molar-refractivity contribution in [1.82, 2.24) is 14.3 Å². The molecule has 5 nitrogen and oxygen atoms in total. The van der Waals surface area contributed by atoms with E-state index in [0.29, 0.717) is 12.6 Å². The molecule has 21 heavy (non-hydrogen) atoms. The van der Waals surface area contributed by atoms with Gasteiger partial charge in [0.1, 0.15) is 5.65 Å². The van der Waals surface area contributed by atoms with E-state index in [1.54, 1.807) is 0 Å². The number of imidazole rings is 1. The highest BCUT2D eigenvalue weighted by atomic mass is 15.2. The Morgan fingerprint density at radius 1 is 1.33 bits per heavy atom. The summed E-state index contributed by atoms with van der Waals surface area (Å²) >= 11 is 0. The minimum Gasteiger partial charge on any atom is -0.370 e. The molecule has 0 unspecified atom stereocenters. The van der Waals surface area contributed by atoms with Crippen LogP contribution in [0.3, 0.4) is 0 Å². The van der Waals surface area contributed by atoms with E-state index in [1.807, 2.05) is 6.20 Å². The molecule has 2 aromatic rings. The van der Waals surface area contributed by atoms with Gasteiger partial charge < -0.3 is 19.9 Å². The molecule has 0 aliphatic carbocycles. The molecule has 1 aliphatic heterocycles. The van der Waals surface area contributed by atoms with E-state index in [-0.39, 0.29) is 0 Å². The molecule has 0 radical (unpaired) electrons. The minimum absolute atomic E-state index is 0.487. The van der Waals surface area contributed by atoms with Crippen molar-refractivity contribution in [1.29, 1.82) is 0 Å². The molecule has 3 rings (SSSR count). The molecule has 1 aliphatic rings. The standard InChI is InChI=1S/C16H25N5/c1-12-8-15(11-21-10-13(9-17)18-16(12)21)20(3)14-4-6-19(2)7-5-14/h8,10-11,14H,4-7,9,17H2,1-3H3. The molecule has 0 amide bonds. The highest BCUT2D eigenvalue weighted by Gasteiger charge is 2.21. The molecule has 0 spiro atoms. The number of anilines is 1. The zero-order chi connectivity index (χ0) is 15.0. The quantitative estimate of drug-likeness (QED) is 0.932. The Morgan fingerprint density at radius 2 is 2.05 bits per heavy atom. The van der Waals surface area contributed by atoms with Gasteiger partial charge in [0.25, 0.3) is 0 Å². The van der Waals surface area contributed by atoms with Crippen molar-refractivity contribution in [3.05, 3.63) is 29.7 Å². The van der Waals surface area contributed by atoms with E-state index >= 15 is 0 Å². The Kier molecular flexibility index (Phi) is 3.87. The summed E-state index contributed by atoms with van der Waals surface area (Å²) in [6, 6.07) is 2.86. The molecule has 114 valence electrons. The lowest BCUT2D eigenvalue weighted by atomic mass is 10.0. The summed E-state index contributed by atoms with van der Waals surface area (Å²) < 4.78 is 2.11. The number of aromatic nitrogens is 2. The first-order valence-electron chi connectivity index (χ1n) is 7.68. The predicted octanol–water partition coefficient (Wildman–Crippen LogP) is 1.63. The van der Waals surface area contributed by atoms with Gasteiger partial charge in [0, 0.05) is 32.0 Å². The van der Waals surface area contributed by atoms with E-state index in [4.69, 9.17) is 5.73 Å². The normalized spacial score (nSPS) is 17.5. The number of fused-ring (bicyclic) bond motifs is 1. The van der Waals surface area contributed by atoms with Gasteiger partial charge in [0.2, 0.25) is 0 Å². The van der Waals surface area contributed by atoms with Crippen LogP contribution in [0, 0.1) is 6.92 Å². The van der Waals surface area contributed by atoms with Crippen LogP contribution in [0.1, 0.15) is 24.1 Å². The summed E-state index contributed by atoms with van der Waals surface area (Å²) in [5, 5.41) is 0. The van der Waals surface area contributed by atoms with Gasteiger partial charge in [-0.2, -0.15) is 0 Å². The third-order valence-corrected chi connectivity index (χ3v) is 4.62. The average Bonchev–Trinajstić information content (AvgIpc) is 2.91. The fraction of sp³-hybridized carbons (Fsp3) is 0.562. The molecule has 0 bridgehead atoms. The topological polar surface area (TPSA) is 49.8 Å². The molecule has 5 heteroatoms. The number of hydrogen-bond donors (Lipinski definition) is 1. The van der Waals surface area contributed by atoms with Gasteiger partial charge in [0.05, 0.1) is 11.4 Å². The lowest BCUT2D eigenvalue weighted by Gasteiger charge is -2.36. The minimum atomic E-state index is 0.487. The number of nitrogens with two attached hydrogens (primary N) is 1. The van der Waals surface area contributed by atoms with E-state index in [0.717, 1.165) is 11.3 Å². The summed E-state index contributed by atoms with van der Waals surface area (Å²) in [7, 11) is 4.41. The van der Waals surface area contributed by atoms with Crippen LogP contribution in [0.25, 0.3) is 5.65 Å². The van der Waals surface area contributed by atoms with E-state index < -0.39 is 0 Å². The Morgan fingerprint density at radius 3 is 2.71 bits per heavy atom. The number of piperidine rings is 1. The molecule has 2 N–H and O–H groups in total. The van der Waals surface area contributed by atoms with Gasteiger partial charge in [-0.05, 0) is 51.5 Å².